The molecule has 1 heterocycles. The molecule has 0 fully saturated rings. The zero-order valence-corrected chi connectivity index (χ0v) is 30.3. The van der Waals surface area contributed by atoms with E-state index in [4.69, 9.17) is 11.6 Å². The lowest BCUT2D eigenvalue weighted by atomic mass is 9.94. The lowest BCUT2D eigenvalue weighted by Gasteiger charge is -2.28. The molecule has 1 aromatic heterocycles. The number of rotatable bonds is 20. The Morgan fingerprint density at radius 2 is 1.47 bits per heavy atom. The first kappa shape index (κ1) is 41.6. The van der Waals surface area contributed by atoms with Crippen LogP contribution in [0, 0.1) is 28.9 Å². The normalized spacial score (nSPS) is 15.1. The predicted octanol–water partition coefficient (Wildman–Crippen LogP) is 3.63. The van der Waals surface area contributed by atoms with Crippen LogP contribution in [0.5, 0.6) is 0 Å². The molecule has 5 amide bonds. The molecule has 12 nitrogen and oxygen atoms in total. The molecule has 1 aromatic rings. The highest BCUT2D eigenvalue weighted by molar-refractivity contribution is 6.33. The minimum Gasteiger partial charge on any atom is -0.619 e. The monoisotopic (exact) mass is 680 g/mol. The third-order valence-electron chi connectivity index (χ3n) is 8.22. The second kappa shape index (κ2) is 20.7. The van der Waals surface area contributed by atoms with Crippen molar-refractivity contribution < 1.29 is 28.7 Å². The number of nitrogens with zero attached hydrogens (tertiary/aromatic N) is 1. The molecular weight excluding hydrogens is 624 g/mol. The van der Waals surface area contributed by atoms with Crippen molar-refractivity contribution in [2.75, 3.05) is 6.54 Å². The second-order valence-corrected chi connectivity index (χ2v) is 13.6. The summed E-state index contributed by atoms with van der Waals surface area (Å²) in [6.07, 6.45) is 5.50. The second-order valence-electron chi connectivity index (χ2n) is 13.2. The number of carbonyl (C=O) groups excluding carboxylic acids is 5. The van der Waals surface area contributed by atoms with Gasteiger partial charge in [-0.05, 0) is 50.4 Å². The fourth-order valence-electron chi connectivity index (χ4n) is 5.19. The van der Waals surface area contributed by atoms with Gasteiger partial charge in [0, 0.05) is 24.6 Å². The summed E-state index contributed by atoms with van der Waals surface area (Å²) in [5.74, 6) is -2.33. The van der Waals surface area contributed by atoms with Crippen molar-refractivity contribution in [3.63, 3.8) is 0 Å². The lowest BCUT2D eigenvalue weighted by Crippen LogP contribution is -2.56. The quantitative estimate of drug-likeness (QED) is 0.104. The van der Waals surface area contributed by atoms with E-state index in [2.05, 4.69) is 40.4 Å². The molecule has 6 atom stereocenters. The number of halogens is 1. The van der Waals surface area contributed by atoms with E-state index in [1.54, 1.807) is 0 Å². The predicted molar refractivity (Wildman–Crippen MR) is 183 cm³/mol. The number of pyridine rings is 1. The van der Waals surface area contributed by atoms with Crippen LogP contribution in [0.2, 0.25) is 5.02 Å². The van der Waals surface area contributed by atoms with E-state index in [1.165, 1.54) is 6.07 Å². The maximum Gasteiger partial charge on any atom is 0.253 e. The Balaban J connectivity index is 3.01. The van der Waals surface area contributed by atoms with Crippen LogP contribution in [0.25, 0.3) is 0 Å². The molecule has 0 aromatic carbocycles. The summed E-state index contributed by atoms with van der Waals surface area (Å²) < 4.78 is 0.477. The molecule has 0 aliphatic rings. The zero-order chi connectivity index (χ0) is 35.8. The van der Waals surface area contributed by atoms with E-state index in [0.717, 1.165) is 12.4 Å². The first-order valence-corrected chi connectivity index (χ1v) is 17.3. The van der Waals surface area contributed by atoms with Gasteiger partial charge in [0.2, 0.25) is 23.6 Å². The fraction of sp³-hybridized carbons (Fsp3) is 0.706. The SMILES string of the molecule is CCC[C@H](NC(=O)[C@@H](NC(=O)c1cc[n+]([O-])cc1Cl)[C@@H](C)CC)C(=O)N[C@H](CC[C@@H](C)C(=O)N[C@H](C(=O)NCC)C(C)C)CC(C)C. The van der Waals surface area contributed by atoms with E-state index in [0.29, 0.717) is 49.8 Å². The molecule has 0 unspecified atom stereocenters. The Bertz CT molecular complexity index is 1200. The zero-order valence-electron chi connectivity index (χ0n) is 29.6. The molecule has 13 heteroatoms. The van der Waals surface area contributed by atoms with Crippen molar-refractivity contribution in [2.24, 2.45) is 23.7 Å². The number of amides is 5. The van der Waals surface area contributed by atoms with Crippen LogP contribution in [-0.2, 0) is 19.2 Å². The number of aromatic nitrogens is 1. The molecule has 47 heavy (non-hydrogen) atoms. The summed E-state index contributed by atoms with van der Waals surface area (Å²) in [6.45, 7) is 17.6. The van der Waals surface area contributed by atoms with Crippen molar-refractivity contribution in [2.45, 2.75) is 125 Å². The van der Waals surface area contributed by atoms with Gasteiger partial charge in [0.05, 0.1) is 5.56 Å². The molecule has 0 radical (unpaired) electrons. The molecule has 0 bridgehead atoms. The van der Waals surface area contributed by atoms with Crippen molar-refractivity contribution >= 4 is 41.1 Å². The maximum atomic E-state index is 13.6. The summed E-state index contributed by atoms with van der Waals surface area (Å²) in [5, 5.41) is 25.8. The molecule has 0 aliphatic carbocycles. The molecule has 0 aliphatic heterocycles. The van der Waals surface area contributed by atoms with Crippen LogP contribution in [0.4, 0.5) is 0 Å². The van der Waals surface area contributed by atoms with Crippen molar-refractivity contribution in [3.8, 4) is 0 Å². The largest absolute Gasteiger partial charge is 0.619 e. The van der Waals surface area contributed by atoms with E-state index in [-0.39, 0.29) is 58.0 Å². The minimum absolute atomic E-state index is 0.0451. The van der Waals surface area contributed by atoms with Crippen LogP contribution in [-0.4, -0.2) is 60.2 Å². The van der Waals surface area contributed by atoms with Gasteiger partial charge >= 0.3 is 0 Å². The van der Waals surface area contributed by atoms with Gasteiger partial charge in [-0.25, -0.2) is 0 Å². The highest BCUT2D eigenvalue weighted by atomic mass is 35.5. The van der Waals surface area contributed by atoms with E-state index < -0.39 is 29.9 Å². The average molecular weight is 681 g/mol. The van der Waals surface area contributed by atoms with Gasteiger partial charge < -0.3 is 31.8 Å². The summed E-state index contributed by atoms with van der Waals surface area (Å²) >= 11 is 6.10. The first-order chi connectivity index (χ1) is 22.1. The number of hydrogen-bond donors (Lipinski definition) is 5. The van der Waals surface area contributed by atoms with Gasteiger partial charge in [0.1, 0.15) is 23.1 Å². The van der Waals surface area contributed by atoms with Gasteiger partial charge in [-0.2, -0.15) is 4.73 Å². The number of likely N-dealkylation sites (N-methyl/N-ethyl adjacent to an activating group) is 1. The Kier molecular flexibility index (Phi) is 18.4. The molecule has 0 spiro atoms. The van der Waals surface area contributed by atoms with Crippen LogP contribution >= 0.6 is 11.6 Å². The number of carbonyl (C=O) groups is 5. The van der Waals surface area contributed by atoms with Crippen LogP contribution in [0.15, 0.2) is 18.5 Å². The smallest absolute Gasteiger partial charge is 0.253 e. The van der Waals surface area contributed by atoms with Gasteiger partial charge in [0.15, 0.2) is 12.4 Å². The Labute approximate surface area is 285 Å². The number of nitrogens with one attached hydrogen (secondary N) is 5. The molecule has 0 saturated carbocycles. The summed E-state index contributed by atoms with van der Waals surface area (Å²) in [4.78, 5) is 65.6. The van der Waals surface area contributed by atoms with Gasteiger partial charge in [-0.1, -0.05) is 79.8 Å². The summed E-state index contributed by atoms with van der Waals surface area (Å²) in [5.41, 5.74) is 0.0612. The first-order valence-electron chi connectivity index (χ1n) is 16.9. The third kappa shape index (κ3) is 14.1. The molecular formula is C34H57ClN6O6. The highest BCUT2D eigenvalue weighted by Crippen LogP contribution is 2.18. The Morgan fingerprint density at radius 3 is 2.00 bits per heavy atom. The highest BCUT2D eigenvalue weighted by Gasteiger charge is 2.32. The maximum absolute atomic E-state index is 13.6. The summed E-state index contributed by atoms with van der Waals surface area (Å²) in [7, 11) is 0. The Morgan fingerprint density at radius 1 is 0.809 bits per heavy atom. The topological polar surface area (TPSA) is 172 Å². The molecule has 5 N–H and O–H groups in total. The lowest BCUT2D eigenvalue weighted by molar-refractivity contribution is -0.605. The van der Waals surface area contributed by atoms with Crippen LogP contribution in [0.3, 0.4) is 0 Å². The molecule has 1 rings (SSSR count). The fourth-order valence-corrected chi connectivity index (χ4v) is 5.44. The van der Waals surface area contributed by atoms with Gasteiger partial charge in [-0.3, -0.25) is 24.0 Å². The van der Waals surface area contributed by atoms with Crippen LogP contribution < -0.4 is 31.3 Å². The Hall–Kier alpha value is -3.41. The van der Waals surface area contributed by atoms with E-state index >= 15 is 0 Å². The van der Waals surface area contributed by atoms with Crippen molar-refractivity contribution in [1.82, 2.24) is 26.6 Å². The molecule has 0 saturated heterocycles. The van der Waals surface area contributed by atoms with Crippen molar-refractivity contribution in [1.29, 1.82) is 0 Å². The van der Waals surface area contributed by atoms with Crippen LogP contribution in [0.1, 0.15) is 111 Å². The number of hydrogen-bond acceptors (Lipinski definition) is 6. The molecule has 266 valence electrons. The third-order valence-corrected chi connectivity index (χ3v) is 8.52. The van der Waals surface area contributed by atoms with E-state index in [1.807, 2.05) is 48.5 Å². The average Bonchev–Trinajstić information content (AvgIpc) is 2.99. The summed E-state index contributed by atoms with van der Waals surface area (Å²) in [6, 6.07) is -1.38. The van der Waals surface area contributed by atoms with Crippen molar-refractivity contribution in [3.05, 3.63) is 34.3 Å². The van der Waals surface area contributed by atoms with Gasteiger partial charge in [-0.15, -0.1) is 0 Å². The van der Waals surface area contributed by atoms with E-state index in [9.17, 15) is 29.2 Å². The van der Waals surface area contributed by atoms with Gasteiger partial charge in [0.25, 0.3) is 5.91 Å². The minimum atomic E-state index is -0.949. The standard InChI is InChI=1S/C34H57ClN6O6/c1-10-13-27(38-34(46)29(22(8)11-2)40-31(43)25-16-17-41(47)19-26(25)35)32(44)37-24(18-20(4)5)15-14-23(9)30(42)39-28(21(6)7)33(45)36-12-3/h16-17,19-24,27-29H,10-15,18H2,1-9H3,(H,36,45)(H,37,44)(H,38,46)(H,39,42)(H,40,43)/t22-,23+,24+,27-,28-,29-/m0/s1.